The van der Waals surface area contributed by atoms with E-state index in [-0.39, 0.29) is 24.4 Å². The van der Waals surface area contributed by atoms with Crippen LogP contribution in [0.5, 0.6) is 0 Å². The van der Waals surface area contributed by atoms with Gasteiger partial charge in [-0.1, -0.05) is 48.5 Å². The van der Waals surface area contributed by atoms with Gasteiger partial charge in [-0.15, -0.1) is 12.4 Å². The van der Waals surface area contributed by atoms with E-state index < -0.39 is 0 Å². The molecule has 168 valence electrons. The van der Waals surface area contributed by atoms with Crippen molar-refractivity contribution in [1.29, 1.82) is 0 Å². The molecule has 2 fully saturated rings. The fourth-order valence-electron chi connectivity index (χ4n) is 5.32. The first-order valence-corrected chi connectivity index (χ1v) is 11.4. The lowest BCUT2D eigenvalue weighted by atomic mass is 9.60. The topological polar surface area (TPSA) is 36.7 Å². The molecule has 1 saturated carbocycles. The number of amides is 1. The average molecular weight is 451 g/mol. The standard InChI is InChI=1S/C27H30N2O2.ClH/c30-26(25-12-7-19-31-25)29(23-10-5-2-6-11-23)24-20-27(21-24)14-17-28(18-15-27)16-13-22-8-3-1-4-9-22;/h1-12,19,24H,13-18,20-21H2;1H. The average Bonchev–Trinajstić information content (AvgIpc) is 3.34. The highest BCUT2D eigenvalue weighted by molar-refractivity contribution is 6.04. The normalized spacial score (nSPS) is 18.0. The molecule has 0 radical (unpaired) electrons. The Balaban J connectivity index is 0.00000245. The van der Waals surface area contributed by atoms with E-state index in [1.807, 2.05) is 35.2 Å². The molecule has 5 heteroatoms. The summed E-state index contributed by atoms with van der Waals surface area (Å²) in [5.74, 6) is 0.386. The molecular weight excluding hydrogens is 420 g/mol. The molecule has 2 heterocycles. The van der Waals surface area contributed by atoms with Gasteiger partial charge in [0, 0.05) is 18.3 Å². The second-order valence-corrected chi connectivity index (χ2v) is 9.13. The summed E-state index contributed by atoms with van der Waals surface area (Å²) < 4.78 is 5.43. The van der Waals surface area contributed by atoms with Crippen LogP contribution in [0, 0.1) is 5.41 Å². The summed E-state index contributed by atoms with van der Waals surface area (Å²) in [4.78, 5) is 17.8. The van der Waals surface area contributed by atoms with Crippen molar-refractivity contribution in [2.45, 2.75) is 38.1 Å². The van der Waals surface area contributed by atoms with E-state index in [4.69, 9.17) is 4.42 Å². The number of piperidine rings is 1. The van der Waals surface area contributed by atoms with Crippen LogP contribution in [0.25, 0.3) is 0 Å². The van der Waals surface area contributed by atoms with Gasteiger partial charge in [-0.2, -0.15) is 0 Å². The van der Waals surface area contributed by atoms with Gasteiger partial charge < -0.3 is 14.2 Å². The number of rotatable bonds is 6. The lowest BCUT2D eigenvalue weighted by molar-refractivity contribution is 0.0154. The molecule has 0 atom stereocenters. The maximum Gasteiger partial charge on any atom is 0.294 e. The quantitative estimate of drug-likeness (QED) is 0.473. The zero-order valence-electron chi connectivity index (χ0n) is 18.4. The molecule has 0 bridgehead atoms. The Labute approximate surface area is 196 Å². The van der Waals surface area contributed by atoms with Crippen molar-refractivity contribution in [1.82, 2.24) is 4.90 Å². The third-order valence-electron chi connectivity index (χ3n) is 7.16. The largest absolute Gasteiger partial charge is 0.459 e. The molecule has 3 aromatic rings. The number of carbonyl (C=O) groups excluding carboxylic acids is 1. The van der Waals surface area contributed by atoms with Crippen molar-refractivity contribution < 1.29 is 9.21 Å². The second kappa shape index (κ2) is 9.93. The Hall–Kier alpha value is -2.56. The van der Waals surface area contributed by atoms with Crippen molar-refractivity contribution in [3.05, 3.63) is 90.4 Å². The molecule has 2 aromatic carbocycles. The Morgan fingerprint density at radius 2 is 1.59 bits per heavy atom. The molecule has 1 saturated heterocycles. The number of hydrogen-bond donors (Lipinski definition) is 0. The number of benzene rings is 2. The van der Waals surface area contributed by atoms with Gasteiger partial charge in [-0.25, -0.2) is 0 Å². The van der Waals surface area contributed by atoms with Gasteiger partial charge in [0.1, 0.15) is 0 Å². The van der Waals surface area contributed by atoms with Gasteiger partial charge >= 0.3 is 0 Å². The minimum Gasteiger partial charge on any atom is -0.459 e. The van der Waals surface area contributed by atoms with Crippen LogP contribution >= 0.6 is 12.4 Å². The predicted molar refractivity (Wildman–Crippen MR) is 130 cm³/mol. The highest BCUT2D eigenvalue weighted by Crippen LogP contribution is 2.51. The van der Waals surface area contributed by atoms with Crippen molar-refractivity contribution in [3.63, 3.8) is 0 Å². The van der Waals surface area contributed by atoms with Gasteiger partial charge in [-0.05, 0) is 80.4 Å². The zero-order chi connectivity index (χ0) is 21.1. The smallest absolute Gasteiger partial charge is 0.294 e. The first-order valence-electron chi connectivity index (χ1n) is 11.4. The van der Waals surface area contributed by atoms with Gasteiger partial charge in [0.15, 0.2) is 5.76 Å². The summed E-state index contributed by atoms with van der Waals surface area (Å²) in [7, 11) is 0. The van der Waals surface area contributed by atoms with Crippen LogP contribution in [0.3, 0.4) is 0 Å². The number of carbonyl (C=O) groups is 1. The zero-order valence-corrected chi connectivity index (χ0v) is 19.2. The lowest BCUT2D eigenvalue weighted by Crippen LogP contribution is -2.56. The monoisotopic (exact) mass is 450 g/mol. The molecule has 2 aliphatic rings. The molecule has 0 unspecified atom stereocenters. The molecule has 1 spiro atoms. The third-order valence-corrected chi connectivity index (χ3v) is 7.16. The van der Waals surface area contributed by atoms with Crippen molar-refractivity contribution >= 4 is 24.0 Å². The number of halogens is 1. The SMILES string of the molecule is Cl.O=C(c1ccco1)N(c1ccccc1)C1CC2(CCN(CCc3ccccc3)CC2)C1. The molecule has 5 rings (SSSR count). The fourth-order valence-corrected chi connectivity index (χ4v) is 5.32. The van der Waals surface area contributed by atoms with Crippen LogP contribution in [0.15, 0.2) is 83.5 Å². The lowest BCUT2D eigenvalue weighted by Gasteiger charge is -2.55. The minimum atomic E-state index is -0.0312. The first-order chi connectivity index (χ1) is 15.2. The van der Waals surface area contributed by atoms with E-state index in [9.17, 15) is 4.79 Å². The summed E-state index contributed by atoms with van der Waals surface area (Å²) in [6.07, 6.45) is 7.33. The summed E-state index contributed by atoms with van der Waals surface area (Å²) in [5, 5.41) is 0. The van der Waals surface area contributed by atoms with E-state index in [0.717, 1.165) is 44.6 Å². The van der Waals surface area contributed by atoms with E-state index in [1.54, 1.807) is 18.4 Å². The van der Waals surface area contributed by atoms with Crippen LogP contribution in [0.2, 0.25) is 0 Å². The molecule has 1 aliphatic heterocycles. The van der Waals surface area contributed by atoms with E-state index in [2.05, 4.69) is 35.2 Å². The molecule has 1 aliphatic carbocycles. The number of anilines is 1. The molecule has 1 amide bonds. The fraction of sp³-hybridized carbons (Fsp3) is 0.370. The number of furan rings is 1. The molecule has 1 aromatic heterocycles. The van der Waals surface area contributed by atoms with Crippen LogP contribution in [-0.2, 0) is 6.42 Å². The molecule has 32 heavy (non-hydrogen) atoms. The highest BCUT2D eigenvalue weighted by Gasteiger charge is 2.49. The summed E-state index contributed by atoms with van der Waals surface area (Å²) in [6, 6.07) is 24.6. The maximum absolute atomic E-state index is 13.2. The van der Waals surface area contributed by atoms with Crippen LogP contribution in [-0.4, -0.2) is 36.5 Å². The van der Waals surface area contributed by atoms with Gasteiger partial charge in [0.25, 0.3) is 5.91 Å². The first kappa shape index (κ1) is 22.6. The third kappa shape index (κ3) is 4.77. The van der Waals surface area contributed by atoms with Gasteiger partial charge in [0.2, 0.25) is 0 Å². The van der Waals surface area contributed by atoms with Gasteiger partial charge in [-0.3, -0.25) is 4.79 Å². The van der Waals surface area contributed by atoms with Crippen molar-refractivity contribution in [2.24, 2.45) is 5.41 Å². The van der Waals surface area contributed by atoms with Gasteiger partial charge in [0.05, 0.1) is 6.26 Å². The van der Waals surface area contributed by atoms with Crippen LogP contribution < -0.4 is 4.90 Å². The van der Waals surface area contributed by atoms with Crippen LogP contribution in [0.1, 0.15) is 41.8 Å². The van der Waals surface area contributed by atoms with E-state index >= 15 is 0 Å². The second-order valence-electron chi connectivity index (χ2n) is 9.13. The Morgan fingerprint density at radius 1 is 0.938 bits per heavy atom. The highest BCUT2D eigenvalue weighted by atomic mass is 35.5. The Bertz CT molecular complexity index is 975. The summed E-state index contributed by atoms with van der Waals surface area (Å²) in [6.45, 7) is 3.46. The number of hydrogen-bond acceptors (Lipinski definition) is 3. The Kier molecular flexibility index (Phi) is 7.02. The number of para-hydroxylation sites is 1. The predicted octanol–water partition coefficient (Wildman–Crippen LogP) is 5.84. The van der Waals surface area contributed by atoms with E-state index in [1.165, 1.54) is 18.4 Å². The molecule has 4 nitrogen and oxygen atoms in total. The minimum absolute atomic E-state index is 0. The van der Waals surface area contributed by atoms with Crippen molar-refractivity contribution in [3.8, 4) is 0 Å². The maximum atomic E-state index is 13.2. The molecular formula is C27H31ClN2O2. The van der Waals surface area contributed by atoms with Crippen LogP contribution in [0.4, 0.5) is 5.69 Å². The van der Waals surface area contributed by atoms with Crippen molar-refractivity contribution in [2.75, 3.05) is 24.5 Å². The Morgan fingerprint density at radius 3 is 2.22 bits per heavy atom. The van der Waals surface area contributed by atoms with E-state index in [0.29, 0.717) is 11.2 Å². The number of nitrogens with zero attached hydrogens (tertiary/aromatic N) is 2. The molecule has 0 N–H and O–H groups in total. The summed E-state index contributed by atoms with van der Waals surface area (Å²) in [5.41, 5.74) is 2.77. The summed E-state index contributed by atoms with van der Waals surface area (Å²) >= 11 is 0. The number of likely N-dealkylation sites (tertiary alicyclic amines) is 1.